The van der Waals surface area contributed by atoms with E-state index in [9.17, 15) is 4.79 Å². The number of nitrogens with one attached hydrogen (secondary N) is 1. The molecule has 1 unspecified atom stereocenters. The second-order valence-corrected chi connectivity index (χ2v) is 8.23. The number of hydrogen-bond acceptors (Lipinski definition) is 2. The summed E-state index contributed by atoms with van der Waals surface area (Å²) in [4.78, 5) is 13.7. The van der Waals surface area contributed by atoms with Crippen molar-refractivity contribution in [3.05, 3.63) is 70.7 Å². The van der Waals surface area contributed by atoms with Crippen molar-refractivity contribution in [3.63, 3.8) is 0 Å². The molecule has 1 atom stereocenters. The maximum atomic E-state index is 11.8. The highest BCUT2D eigenvalue weighted by Gasteiger charge is 2.19. The van der Waals surface area contributed by atoms with Gasteiger partial charge in [0.15, 0.2) is 0 Å². The van der Waals surface area contributed by atoms with Crippen molar-refractivity contribution in [2.75, 3.05) is 13.1 Å². The first-order valence-corrected chi connectivity index (χ1v) is 10.9. The molecule has 0 bridgehead atoms. The Morgan fingerprint density at radius 2 is 1.68 bits per heavy atom. The van der Waals surface area contributed by atoms with Crippen LogP contribution < -0.4 is 5.32 Å². The molecule has 4 heteroatoms. The molecule has 0 aromatic heterocycles. The molecule has 0 radical (unpaired) electrons. The number of hydrogen-bond donors (Lipinski definition) is 1. The molecule has 2 fully saturated rings. The van der Waals surface area contributed by atoms with Crippen LogP contribution in [0.1, 0.15) is 67.4 Å². The molecule has 2 aromatic rings. The molecular weight excluding hydrogens is 368 g/mol. The van der Waals surface area contributed by atoms with Gasteiger partial charge in [-0.15, -0.1) is 0 Å². The van der Waals surface area contributed by atoms with Crippen molar-refractivity contribution in [2.45, 2.75) is 57.5 Å². The molecule has 1 aliphatic heterocycles. The standard InChI is InChI=1S/C13H18ClN.C11H13NO/c1-10(15-13-7-2-3-8-13)11-5-4-6-12(14)9-11;13-11(12-8-4-5-9-12)10-6-2-1-3-7-10/h4-6,9-10,13,15H,2-3,7-8H2,1H3;1-3,6-7H,4-5,8-9H2. The van der Waals surface area contributed by atoms with E-state index in [1.54, 1.807) is 0 Å². The van der Waals surface area contributed by atoms with Crippen LogP contribution in [0, 0.1) is 0 Å². The number of carbonyl (C=O) groups excluding carboxylic acids is 1. The summed E-state index contributed by atoms with van der Waals surface area (Å²) in [7, 11) is 0. The molecule has 2 aromatic carbocycles. The van der Waals surface area contributed by atoms with Gasteiger partial charge in [0.25, 0.3) is 5.91 Å². The van der Waals surface area contributed by atoms with Gasteiger partial charge in [0, 0.05) is 35.8 Å². The maximum absolute atomic E-state index is 11.8. The fraction of sp³-hybridized carbons (Fsp3) is 0.458. The number of carbonyl (C=O) groups is 1. The van der Waals surface area contributed by atoms with Gasteiger partial charge < -0.3 is 10.2 Å². The molecule has 3 nitrogen and oxygen atoms in total. The zero-order valence-corrected chi connectivity index (χ0v) is 17.5. The average Bonchev–Trinajstić information content (AvgIpc) is 3.43. The first-order chi connectivity index (χ1) is 13.6. The van der Waals surface area contributed by atoms with Gasteiger partial charge in [0.1, 0.15) is 0 Å². The molecule has 1 heterocycles. The minimum absolute atomic E-state index is 0.179. The van der Waals surface area contributed by atoms with Gasteiger partial charge in [-0.1, -0.05) is 54.8 Å². The Morgan fingerprint density at radius 3 is 2.32 bits per heavy atom. The molecule has 0 spiro atoms. The van der Waals surface area contributed by atoms with E-state index in [-0.39, 0.29) is 5.91 Å². The molecule has 1 saturated carbocycles. The maximum Gasteiger partial charge on any atom is 0.253 e. The van der Waals surface area contributed by atoms with Crippen molar-refractivity contribution in [2.24, 2.45) is 0 Å². The summed E-state index contributed by atoms with van der Waals surface area (Å²) < 4.78 is 0. The predicted octanol–water partition coefficient (Wildman–Crippen LogP) is 5.86. The summed E-state index contributed by atoms with van der Waals surface area (Å²) in [6.07, 6.45) is 7.70. The van der Waals surface area contributed by atoms with Gasteiger partial charge in [0.05, 0.1) is 0 Å². The summed E-state index contributed by atoms with van der Waals surface area (Å²) in [5.41, 5.74) is 2.10. The molecule has 4 rings (SSSR count). The van der Waals surface area contributed by atoms with E-state index in [0.29, 0.717) is 12.1 Å². The van der Waals surface area contributed by atoms with Crippen molar-refractivity contribution >= 4 is 17.5 Å². The van der Waals surface area contributed by atoms with E-state index in [0.717, 1.165) is 36.5 Å². The van der Waals surface area contributed by atoms with Gasteiger partial charge in [-0.2, -0.15) is 0 Å². The Bertz CT molecular complexity index is 737. The topological polar surface area (TPSA) is 32.3 Å². The van der Waals surface area contributed by atoms with Crippen molar-refractivity contribution in [3.8, 4) is 0 Å². The van der Waals surface area contributed by atoms with Crippen LogP contribution in [0.4, 0.5) is 0 Å². The van der Waals surface area contributed by atoms with Crippen LogP contribution in [-0.2, 0) is 0 Å². The molecular formula is C24H31ClN2O. The Balaban J connectivity index is 0.000000162. The van der Waals surface area contributed by atoms with Crippen LogP contribution in [0.2, 0.25) is 5.02 Å². The number of likely N-dealkylation sites (tertiary alicyclic amines) is 1. The van der Waals surface area contributed by atoms with E-state index in [1.807, 2.05) is 53.4 Å². The normalized spacial score (nSPS) is 17.9. The molecule has 1 aliphatic carbocycles. The van der Waals surface area contributed by atoms with Crippen LogP contribution in [0.5, 0.6) is 0 Å². The van der Waals surface area contributed by atoms with Crippen molar-refractivity contribution in [1.29, 1.82) is 0 Å². The lowest BCUT2D eigenvalue weighted by Gasteiger charge is -2.19. The first-order valence-electron chi connectivity index (χ1n) is 10.5. The molecule has 28 heavy (non-hydrogen) atoms. The van der Waals surface area contributed by atoms with Crippen LogP contribution in [0.3, 0.4) is 0 Å². The van der Waals surface area contributed by atoms with Crippen LogP contribution >= 0.6 is 11.6 Å². The van der Waals surface area contributed by atoms with Gasteiger partial charge >= 0.3 is 0 Å². The van der Waals surface area contributed by atoms with Crippen LogP contribution in [0.15, 0.2) is 54.6 Å². The molecule has 2 aliphatic rings. The van der Waals surface area contributed by atoms with E-state index >= 15 is 0 Å². The Hall–Kier alpha value is -1.84. The zero-order chi connectivity index (χ0) is 19.8. The lowest BCUT2D eigenvalue weighted by molar-refractivity contribution is 0.0793. The second kappa shape index (κ2) is 10.6. The van der Waals surface area contributed by atoms with Gasteiger partial charge in [0.2, 0.25) is 0 Å². The molecule has 1 amide bonds. The van der Waals surface area contributed by atoms with Crippen LogP contribution in [-0.4, -0.2) is 29.9 Å². The zero-order valence-electron chi connectivity index (χ0n) is 16.7. The van der Waals surface area contributed by atoms with E-state index in [4.69, 9.17) is 11.6 Å². The third kappa shape index (κ3) is 6.08. The molecule has 150 valence electrons. The van der Waals surface area contributed by atoms with Crippen molar-refractivity contribution in [1.82, 2.24) is 10.2 Å². The molecule has 1 N–H and O–H groups in total. The summed E-state index contributed by atoms with van der Waals surface area (Å²) in [6, 6.07) is 18.7. The Kier molecular flexibility index (Phi) is 7.93. The second-order valence-electron chi connectivity index (χ2n) is 7.79. The quantitative estimate of drug-likeness (QED) is 0.699. The highest BCUT2D eigenvalue weighted by Crippen LogP contribution is 2.23. The summed E-state index contributed by atoms with van der Waals surface area (Å²) in [6.45, 7) is 4.06. The number of nitrogens with zero attached hydrogens (tertiary/aromatic N) is 1. The third-order valence-electron chi connectivity index (χ3n) is 5.60. The lowest BCUT2D eigenvalue weighted by Crippen LogP contribution is -2.28. The summed E-state index contributed by atoms with van der Waals surface area (Å²) in [5, 5.41) is 4.49. The Labute approximate surface area is 174 Å². The third-order valence-corrected chi connectivity index (χ3v) is 5.84. The minimum Gasteiger partial charge on any atom is -0.339 e. The fourth-order valence-corrected chi connectivity index (χ4v) is 4.20. The number of amides is 1. The predicted molar refractivity (Wildman–Crippen MR) is 117 cm³/mol. The summed E-state index contributed by atoms with van der Waals surface area (Å²) >= 11 is 5.98. The highest BCUT2D eigenvalue weighted by atomic mass is 35.5. The average molecular weight is 399 g/mol. The lowest BCUT2D eigenvalue weighted by atomic mass is 10.1. The summed E-state index contributed by atoms with van der Waals surface area (Å²) in [5.74, 6) is 0.179. The van der Waals surface area contributed by atoms with Gasteiger partial charge in [-0.05, 0) is 62.4 Å². The van der Waals surface area contributed by atoms with E-state index < -0.39 is 0 Å². The number of rotatable bonds is 4. The smallest absolute Gasteiger partial charge is 0.253 e. The van der Waals surface area contributed by atoms with Gasteiger partial charge in [-0.3, -0.25) is 4.79 Å². The number of halogens is 1. The highest BCUT2D eigenvalue weighted by molar-refractivity contribution is 6.30. The van der Waals surface area contributed by atoms with Crippen LogP contribution in [0.25, 0.3) is 0 Å². The minimum atomic E-state index is 0.179. The molecule has 1 saturated heterocycles. The first kappa shape index (κ1) is 20.9. The SMILES string of the molecule is CC(NC1CCCC1)c1cccc(Cl)c1.O=C(c1ccccc1)N1CCCC1. The Morgan fingerprint density at radius 1 is 1.00 bits per heavy atom. The van der Waals surface area contributed by atoms with Gasteiger partial charge in [-0.25, -0.2) is 0 Å². The van der Waals surface area contributed by atoms with E-state index in [1.165, 1.54) is 31.2 Å². The largest absolute Gasteiger partial charge is 0.339 e. The van der Waals surface area contributed by atoms with Crippen molar-refractivity contribution < 1.29 is 4.79 Å². The monoisotopic (exact) mass is 398 g/mol. The van der Waals surface area contributed by atoms with E-state index in [2.05, 4.69) is 18.3 Å². The fourth-order valence-electron chi connectivity index (χ4n) is 4.00. The number of benzene rings is 2.